The van der Waals surface area contributed by atoms with E-state index in [9.17, 15) is 9.59 Å². The maximum absolute atomic E-state index is 12.7. The van der Waals surface area contributed by atoms with Crippen LogP contribution in [0.15, 0.2) is 109 Å². The standard InChI is InChI=1S/C33H33NO4S/c1-32(2,3)38-31(36)34-29-21-20-24(30(35)37-4)22-25(29)23-39-33(26-14-8-5-9-15-26,27-16-10-6-11-17-27)28-18-12-7-13-19-28/h5-22H,23H2,1-4H3,(H,34,36). The van der Waals surface area contributed by atoms with Gasteiger partial charge in [0.25, 0.3) is 0 Å². The fourth-order valence-electron chi connectivity index (χ4n) is 4.45. The molecule has 0 unspecified atom stereocenters. The minimum atomic E-state index is -0.645. The fourth-order valence-corrected chi connectivity index (χ4v) is 5.97. The molecule has 0 saturated carbocycles. The molecule has 200 valence electrons. The van der Waals surface area contributed by atoms with Gasteiger partial charge >= 0.3 is 12.1 Å². The maximum Gasteiger partial charge on any atom is 0.412 e. The molecule has 0 bridgehead atoms. The number of amides is 1. The summed E-state index contributed by atoms with van der Waals surface area (Å²) in [6.45, 7) is 5.45. The van der Waals surface area contributed by atoms with E-state index in [0.717, 1.165) is 22.3 Å². The molecule has 0 radical (unpaired) electrons. The van der Waals surface area contributed by atoms with Crippen molar-refractivity contribution in [1.29, 1.82) is 0 Å². The van der Waals surface area contributed by atoms with Crippen molar-refractivity contribution in [3.05, 3.63) is 137 Å². The van der Waals surface area contributed by atoms with Crippen LogP contribution in [-0.2, 0) is 20.0 Å². The molecule has 0 aliphatic heterocycles. The van der Waals surface area contributed by atoms with Gasteiger partial charge in [0.1, 0.15) is 5.60 Å². The molecule has 0 aliphatic carbocycles. The van der Waals surface area contributed by atoms with Gasteiger partial charge in [-0.3, -0.25) is 5.32 Å². The van der Waals surface area contributed by atoms with E-state index in [1.54, 1.807) is 30.0 Å². The highest BCUT2D eigenvalue weighted by Gasteiger charge is 2.37. The van der Waals surface area contributed by atoms with Gasteiger partial charge in [0, 0.05) is 11.4 Å². The molecule has 1 N–H and O–H groups in total. The van der Waals surface area contributed by atoms with Gasteiger partial charge in [-0.25, -0.2) is 9.59 Å². The minimum absolute atomic E-state index is 0.410. The third kappa shape index (κ3) is 6.70. The van der Waals surface area contributed by atoms with E-state index in [-0.39, 0.29) is 0 Å². The molecular formula is C33H33NO4S. The minimum Gasteiger partial charge on any atom is -0.465 e. The Labute approximate surface area is 234 Å². The van der Waals surface area contributed by atoms with Gasteiger partial charge in [-0.1, -0.05) is 91.0 Å². The van der Waals surface area contributed by atoms with Crippen LogP contribution in [0, 0.1) is 0 Å². The molecule has 4 aromatic rings. The van der Waals surface area contributed by atoms with E-state index in [2.05, 4.69) is 41.7 Å². The first-order valence-electron chi connectivity index (χ1n) is 12.7. The number of hydrogen-bond donors (Lipinski definition) is 1. The molecule has 5 nitrogen and oxygen atoms in total. The Hall–Kier alpha value is -4.03. The van der Waals surface area contributed by atoms with E-state index in [0.29, 0.717) is 17.0 Å². The topological polar surface area (TPSA) is 64.6 Å². The highest BCUT2D eigenvalue weighted by Crippen LogP contribution is 2.50. The number of carbonyl (C=O) groups excluding carboxylic acids is 2. The number of anilines is 1. The second-order valence-electron chi connectivity index (χ2n) is 10.1. The first-order chi connectivity index (χ1) is 18.7. The lowest BCUT2D eigenvalue weighted by Crippen LogP contribution is -2.28. The van der Waals surface area contributed by atoms with Crippen LogP contribution in [0.4, 0.5) is 10.5 Å². The molecule has 4 rings (SSSR count). The molecule has 0 spiro atoms. The molecule has 0 heterocycles. The van der Waals surface area contributed by atoms with Crippen molar-refractivity contribution in [1.82, 2.24) is 0 Å². The lowest BCUT2D eigenvalue weighted by Gasteiger charge is -2.35. The molecule has 1 amide bonds. The normalized spacial score (nSPS) is 11.5. The summed E-state index contributed by atoms with van der Waals surface area (Å²) >= 11 is 1.72. The Bertz CT molecular complexity index is 1300. The van der Waals surface area contributed by atoms with Crippen LogP contribution >= 0.6 is 11.8 Å². The van der Waals surface area contributed by atoms with Crippen molar-refractivity contribution in [2.24, 2.45) is 0 Å². The second-order valence-corrected chi connectivity index (χ2v) is 11.2. The van der Waals surface area contributed by atoms with Gasteiger partial charge in [-0.2, -0.15) is 0 Å². The highest BCUT2D eigenvalue weighted by molar-refractivity contribution is 7.99. The molecule has 4 aromatic carbocycles. The van der Waals surface area contributed by atoms with E-state index >= 15 is 0 Å². The average molecular weight is 540 g/mol. The van der Waals surface area contributed by atoms with Crippen molar-refractivity contribution in [3.63, 3.8) is 0 Å². The van der Waals surface area contributed by atoms with E-state index in [1.165, 1.54) is 7.11 Å². The van der Waals surface area contributed by atoms with Crippen LogP contribution < -0.4 is 5.32 Å². The van der Waals surface area contributed by atoms with Crippen LogP contribution in [0.2, 0.25) is 0 Å². The van der Waals surface area contributed by atoms with Crippen molar-refractivity contribution in [3.8, 4) is 0 Å². The van der Waals surface area contributed by atoms with Crippen LogP contribution in [0.5, 0.6) is 0 Å². The number of benzene rings is 4. The Kier molecular flexibility index (Phi) is 8.77. The number of esters is 1. The van der Waals surface area contributed by atoms with Crippen molar-refractivity contribution in [2.75, 3.05) is 12.4 Å². The van der Waals surface area contributed by atoms with Gasteiger partial charge in [0.05, 0.1) is 17.4 Å². The van der Waals surface area contributed by atoms with E-state index in [4.69, 9.17) is 9.47 Å². The van der Waals surface area contributed by atoms with Crippen LogP contribution in [0.3, 0.4) is 0 Å². The summed E-state index contributed by atoms with van der Waals surface area (Å²) in [5, 5.41) is 2.88. The smallest absolute Gasteiger partial charge is 0.412 e. The zero-order chi connectivity index (χ0) is 27.9. The summed E-state index contributed by atoms with van der Waals surface area (Å²) < 4.78 is 9.91. The Balaban J connectivity index is 1.82. The lowest BCUT2D eigenvalue weighted by atomic mass is 9.84. The highest BCUT2D eigenvalue weighted by atomic mass is 32.2. The summed E-state index contributed by atoms with van der Waals surface area (Å²) in [4.78, 5) is 25.1. The molecular weight excluding hydrogens is 506 g/mol. The van der Waals surface area contributed by atoms with Gasteiger partial charge in [0.15, 0.2) is 0 Å². The molecule has 0 fully saturated rings. The molecule has 0 saturated heterocycles. The largest absolute Gasteiger partial charge is 0.465 e. The van der Waals surface area contributed by atoms with Crippen LogP contribution in [0.25, 0.3) is 0 Å². The first-order valence-corrected chi connectivity index (χ1v) is 13.7. The number of rotatable bonds is 8. The summed E-state index contributed by atoms with van der Waals surface area (Å²) in [6, 6.07) is 36.3. The van der Waals surface area contributed by atoms with Crippen molar-refractivity contribution >= 4 is 29.5 Å². The van der Waals surface area contributed by atoms with Gasteiger partial charge < -0.3 is 9.47 Å². The number of methoxy groups -OCH3 is 1. The van der Waals surface area contributed by atoms with Gasteiger partial charge in [-0.05, 0) is 61.2 Å². The predicted octanol–water partition coefficient (Wildman–Crippen LogP) is 8.05. The predicted molar refractivity (Wildman–Crippen MR) is 158 cm³/mol. The monoisotopic (exact) mass is 539 g/mol. The second kappa shape index (κ2) is 12.2. The average Bonchev–Trinajstić information content (AvgIpc) is 2.94. The summed E-state index contributed by atoms with van der Waals surface area (Å²) in [6.07, 6.45) is -0.556. The van der Waals surface area contributed by atoms with Crippen molar-refractivity contribution < 1.29 is 19.1 Å². The Morgan fingerprint density at radius 3 is 1.67 bits per heavy atom. The van der Waals surface area contributed by atoms with Gasteiger partial charge in [-0.15, -0.1) is 11.8 Å². The van der Waals surface area contributed by atoms with Gasteiger partial charge in [0.2, 0.25) is 0 Å². The summed E-state index contributed by atoms with van der Waals surface area (Å²) in [5.41, 5.74) is 4.49. The van der Waals surface area contributed by atoms with Crippen LogP contribution in [-0.4, -0.2) is 24.8 Å². The third-order valence-electron chi connectivity index (χ3n) is 6.15. The number of ether oxygens (including phenoxy) is 2. The zero-order valence-corrected chi connectivity index (χ0v) is 23.5. The van der Waals surface area contributed by atoms with Crippen LogP contribution in [0.1, 0.15) is 53.4 Å². The number of carbonyl (C=O) groups is 2. The Morgan fingerprint density at radius 2 is 1.23 bits per heavy atom. The van der Waals surface area contributed by atoms with Crippen molar-refractivity contribution in [2.45, 2.75) is 36.9 Å². The molecule has 0 aliphatic rings. The SMILES string of the molecule is COC(=O)c1ccc(NC(=O)OC(C)(C)C)c(CSC(c2ccccc2)(c2ccccc2)c2ccccc2)c1. The molecule has 6 heteroatoms. The summed E-state index contributed by atoms with van der Waals surface area (Å²) in [5.74, 6) is 0.0415. The van der Waals surface area contributed by atoms with E-state index in [1.807, 2.05) is 75.4 Å². The lowest BCUT2D eigenvalue weighted by molar-refractivity contribution is 0.0599. The Morgan fingerprint density at radius 1 is 0.744 bits per heavy atom. The quantitative estimate of drug-likeness (QED) is 0.181. The summed E-state index contributed by atoms with van der Waals surface area (Å²) in [7, 11) is 1.36. The number of thioether (sulfide) groups is 1. The molecule has 39 heavy (non-hydrogen) atoms. The maximum atomic E-state index is 12.7. The molecule has 0 aromatic heterocycles. The fraction of sp³-hybridized carbons (Fsp3) is 0.212. The third-order valence-corrected chi connectivity index (χ3v) is 7.74. The molecule has 0 atom stereocenters. The number of nitrogens with one attached hydrogen (secondary N) is 1. The zero-order valence-electron chi connectivity index (χ0n) is 22.6. The number of hydrogen-bond acceptors (Lipinski definition) is 5. The van der Waals surface area contributed by atoms with E-state index < -0.39 is 22.4 Å². The first kappa shape index (κ1) is 28.0.